The summed E-state index contributed by atoms with van der Waals surface area (Å²) in [6.45, 7) is 0. The number of rotatable bonds is 6. The Balaban J connectivity index is 2.14. The first-order valence-electron chi connectivity index (χ1n) is 5.81. The second kappa shape index (κ2) is 7.35. The summed E-state index contributed by atoms with van der Waals surface area (Å²) in [7, 11) is 0. The summed E-state index contributed by atoms with van der Waals surface area (Å²) in [5, 5.41) is 25.0. The van der Waals surface area contributed by atoms with Gasteiger partial charge in [0.05, 0.1) is 11.4 Å². The molecule has 21 heavy (non-hydrogen) atoms. The molecular weight excluding hydrogens is 298 g/mol. The van der Waals surface area contributed by atoms with E-state index < -0.39 is 6.43 Å². The molecule has 2 aromatic rings. The van der Waals surface area contributed by atoms with Crippen LogP contribution in [0.3, 0.4) is 0 Å². The molecular formula is C12H10F2N6S. The number of aromatic amines is 1. The molecule has 0 aliphatic carbocycles. The number of H-pyrrole nitrogens is 1. The van der Waals surface area contributed by atoms with E-state index in [1.165, 1.54) is 6.20 Å². The highest BCUT2D eigenvalue weighted by Crippen LogP contribution is 2.28. The molecule has 0 atom stereocenters. The lowest BCUT2D eigenvalue weighted by molar-refractivity contribution is 0.177. The van der Waals surface area contributed by atoms with Crippen LogP contribution in [-0.4, -0.2) is 32.8 Å². The van der Waals surface area contributed by atoms with Crippen LogP contribution >= 0.6 is 11.8 Å². The van der Waals surface area contributed by atoms with Crippen molar-refractivity contribution < 1.29 is 8.78 Å². The van der Waals surface area contributed by atoms with Crippen molar-refractivity contribution in [1.29, 1.82) is 5.26 Å². The molecule has 6 nitrogen and oxygen atoms in total. The highest BCUT2D eigenvalue weighted by molar-refractivity contribution is 7.99. The van der Waals surface area contributed by atoms with Gasteiger partial charge in [0, 0.05) is 11.1 Å². The van der Waals surface area contributed by atoms with Gasteiger partial charge in [-0.1, -0.05) is 12.1 Å². The molecule has 1 heterocycles. The van der Waals surface area contributed by atoms with Crippen LogP contribution in [0.4, 0.5) is 14.5 Å². The van der Waals surface area contributed by atoms with E-state index in [2.05, 4.69) is 25.9 Å². The van der Waals surface area contributed by atoms with Gasteiger partial charge in [-0.25, -0.2) is 8.78 Å². The van der Waals surface area contributed by atoms with Crippen molar-refractivity contribution in [3.05, 3.63) is 36.3 Å². The normalized spacial score (nSPS) is 11.4. The van der Waals surface area contributed by atoms with E-state index in [0.29, 0.717) is 10.6 Å². The summed E-state index contributed by atoms with van der Waals surface area (Å²) in [5.41, 5.74) is 0.803. The molecule has 1 aromatic carbocycles. The van der Waals surface area contributed by atoms with Crippen LogP contribution in [-0.2, 0) is 0 Å². The SMILES string of the molecule is N#CC(=CNc1ccccc1SCC(F)F)c1nn[nH]n1. The molecule has 0 aliphatic rings. The van der Waals surface area contributed by atoms with Gasteiger partial charge >= 0.3 is 0 Å². The molecule has 2 N–H and O–H groups in total. The predicted molar refractivity (Wildman–Crippen MR) is 74.6 cm³/mol. The third kappa shape index (κ3) is 4.25. The summed E-state index contributed by atoms with van der Waals surface area (Å²) >= 11 is 1.04. The molecule has 0 saturated heterocycles. The summed E-state index contributed by atoms with van der Waals surface area (Å²) in [6, 6.07) is 8.91. The number of hydrogen-bond acceptors (Lipinski definition) is 6. The lowest BCUT2D eigenvalue weighted by Gasteiger charge is -2.08. The number of para-hydroxylation sites is 1. The fourth-order valence-electron chi connectivity index (χ4n) is 1.44. The number of halogens is 2. The Morgan fingerprint density at radius 3 is 2.95 bits per heavy atom. The number of nitrogens with one attached hydrogen (secondary N) is 2. The highest BCUT2D eigenvalue weighted by atomic mass is 32.2. The van der Waals surface area contributed by atoms with Crippen LogP contribution < -0.4 is 5.32 Å². The van der Waals surface area contributed by atoms with Crippen LogP contribution in [0.25, 0.3) is 5.57 Å². The molecule has 0 amide bonds. The Hall–Kier alpha value is -2.47. The van der Waals surface area contributed by atoms with Gasteiger partial charge < -0.3 is 5.32 Å². The second-order valence-electron chi connectivity index (χ2n) is 3.75. The zero-order chi connectivity index (χ0) is 15.1. The number of alkyl halides is 2. The van der Waals surface area contributed by atoms with E-state index in [-0.39, 0.29) is 17.2 Å². The van der Waals surface area contributed by atoms with Crippen LogP contribution in [0, 0.1) is 11.3 Å². The van der Waals surface area contributed by atoms with Gasteiger partial charge in [-0.2, -0.15) is 10.5 Å². The molecule has 1 aromatic heterocycles. The quantitative estimate of drug-likeness (QED) is 0.629. The van der Waals surface area contributed by atoms with Crippen molar-refractivity contribution in [1.82, 2.24) is 20.6 Å². The number of anilines is 1. The minimum atomic E-state index is -2.38. The Morgan fingerprint density at radius 1 is 1.48 bits per heavy atom. The first-order chi connectivity index (χ1) is 10.2. The van der Waals surface area contributed by atoms with E-state index in [1.54, 1.807) is 24.3 Å². The van der Waals surface area contributed by atoms with Crippen molar-refractivity contribution in [3.8, 4) is 6.07 Å². The number of nitrogens with zero attached hydrogens (tertiary/aromatic N) is 4. The lowest BCUT2D eigenvalue weighted by atomic mass is 10.3. The maximum Gasteiger partial charge on any atom is 0.247 e. The monoisotopic (exact) mass is 308 g/mol. The molecule has 0 unspecified atom stereocenters. The zero-order valence-corrected chi connectivity index (χ0v) is 11.4. The van der Waals surface area contributed by atoms with Gasteiger partial charge in [0.2, 0.25) is 12.2 Å². The summed E-state index contributed by atoms with van der Waals surface area (Å²) in [6.07, 6.45) is -0.973. The van der Waals surface area contributed by atoms with Crippen LogP contribution in [0.2, 0.25) is 0 Å². The standard InChI is InChI=1S/C12H10F2N6S/c13-11(14)7-21-10-4-2-1-3-9(10)16-6-8(5-15)12-17-19-20-18-12/h1-4,6,11,16H,7H2,(H,17,18,19,20). The van der Waals surface area contributed by atoms with Crippen LogP contribution in [0.5, 0.6) is 0 Å². The van der Waals surface area contributed by atoms with Gasteiger partial charge in [0.25, 0.3) is 0 Å². The minimum absolute atomic E-state index is 0.155. The molecule has 108 valence electrons. The molecule has 0 radical (unpaired) electrons. The predicted octanol–water partition coefficient (Wildman–Crippen LogP) is 2.53. The van der Waals surface area contributed by atoms with Crippen molar-refractivity contribution in [2.45, 2.75) is 11.3 Å². The summed E-state index contributed by atoms with van der Waals surface area (Å²) < 4.78 is 24.6. The summed E-state index contributed by atoms with van der Waals surface area (Å²) in [5.74, 6) is -0.138. The largest absolute Gasteiger partial charge is 0.359 e. The van der Waals surface area contributed by atoms with Crippen molar-refractivity contribution >= 4 is 23.0 Å². The average Bonchev–Trinajstić information content (AvgIpc) is 3.01. The fraction of sp³-hybridized carbons (Fsp3) is 0.167. The number of allylic oxidation sites excluding steroid dienone is 1. The molecule has 0 fully saturated rings. The molecule has 9 heteroatoms. The van der Waals surface area contributed by atoms with Gasteiger partial charge in [-0.15, -0.1) is 22.0 Å². The van der Waals surface area contributed by atoms with Gasteiger partial charge in [-0.3, -0.25) is 0 Å². The Labute approximate surface area is 123 Å². The van der Waals surface area contributed by atoms with E-state index in [9.17, 15) is 8.78 Å². The molecule has 0 spiro atoms. The lowest BCUT2D eigenvalue weighted by Crippen LogP contribution is -1.97. The number of hydrogen-bond donors (Lipinski definition) is 2. The smallest absolute Gasteiger partial charge is 0.247 e. The first kappa shape index (κ1) is 14.9. The number of nitriles is 1. The van der Waals surface area contributed by atoms with Crippen molar-refractivity contribution in [2.75, 3.05) is 11.1 Å². The molecule has 0 saturated carbocycles. The Bertz CT molecular complexity index is 650. The molecule has 0 bridgehead atoms. The number of aromatic nitrogens is 4. The Morgan fingerprint density at radius 2 is 2.29 bits per heavy atom. The zero-order valence-electron chi connectivity index (χ0n) is 10.6. The van der Waals surface area contributed by atoms with E-state index >= 15 is 0 Å². The Kier molecular flexibility index (Phi) is 5.22. The third-order valence-corrected chi connectivity index (χ3v) is 3.42. The maximum atomic E-state index is 12.3. The first-order valence-corrected chi connectivity index (χ1v) is 6.80. The average molecular weight is 308 g/mol. The maximum absolute atomic E-state index is 12.3. The topological polar surface area (TPSA) is 90.3 Å². The number of benzene rings is 1. The van der Waals surface area contributed by atoms with Gasteiger partial charge in [0.15, 0.2) is 0 Å². The summed E-state index contributed by atoms with van der Waals surface area (Å²) in [4.78, 5) is 0.666. The van der Waals surface area contributed by atoms with Gasteiger partial charge in [-0.05, 0) is 17.3 Å². The number of tetrazole rings is 1. The fourth-order valence-corrected chi connectivity index (χ4v) is 2.20. The van der Waals surface area contributed by atoms with Crippen LogP contribution in [0.15, 0.2) is 35.4 Å². The third-order valence-electron chi connectivity index (χ3n) is 2.33. The van der Waals surface area contributed by atoms with Crippen molar-refractivity contribution in [3.63, 3.8) is 0 Å². The second-order valence-corrected chi connectivity index (χ2v) is 4.81. The van der Waals surface area contributed by atoms with E-state index in [4.69, 9.17) is 5.26 Å². The van der Waals surface area contributed by atoms with E-state index in [1.807, 2.05) is 6.07 Å². The van der Waals surface area contributed by atoms with Crippen LogP contribution in [0.1, 0.15) is 5.82 Å². The van der Waals surface area contributed by atoms with Gasteiger partial charge in [0.1, 0.15) is 11.6 Å². The number of thioether (sulfide) groups is 1. The van der Waals surface area contributed by atoms with Crippen molar-refractivity contribution in [2.24, 2.45) is 0 Å². The van der Waals surface area contributed by atoms with E-state index in [0.717, 1.165) is 11.8 Å². The highest BCUT2D eigenvalue weighted by Gasteiger charge is 2.08. The molecule has 2 rings (SSSR count). The molecule has 0 aliphatic heterocycles. The minimum Gasteiger partial charge on any atom is -0.359 e.